The van der Waals surface area contributed by atoms with Gasteiger partial charge < -0.3 is 14.7 Å². The fourth-order valence-corrected chi connectivity index (χ4v) is 4.42. The predicted molar refractivity (Wildman–Crippen MR) is 106 cm³/mol. The van der Waals surface area contributed by atoms with E-state index in [2.05, 4.69) is 19.0 Å². The Hall–Kier alpha value is -1.91. The van der Waals surface area contributed by atoms with E-state index in [0.717, 1.165) is 49.1 Å². The van der Waals surface area contributed by atoms with Crippen LogP contribution in [0.1, 0.15) is 30.4 Å². The first-order valence-corrected chi connectivity index (χ1v) is 9.67. The smallest absolute Gasteiger partial charge is 0.123 e. The van der Waals surface area contributed by atoms with Crippen molar-refractivity contribution in [3.63, 3.8) is 0 Å². The van der Waals surface area contributed by atoms with Crippen molar-refractivity contribution in [2.75, 3.05) is 27.7 Å². The molecule has 0 aliphatic heterocycles. The minimum atomic E-state index is -0.849. The van der Waals surface area contributed by atoms with E-state index in [1.54, 1.807) is 7.11 Å². The van der Waals surface area contributed by atoms with Gasteiger partial charge in [-0.15, -0.1) is 0 Å². The lowest BCUT2D eigenvalue weighted by Crippen LogP contribution is -2.45. The van der Waals surface area contributed by atoms with Gasteiger partial charge in [-0.3, -0.25) is 0 Å². The number of halogens is 1. The molecule has 0 saturated heterocycles. The van der Waals surface area contributed by atoms with Gasteiger partial charge in [-0.1, -0.05) is 24.3 Å². The number of aliphatic hydroxyl groups is 1. The molecule has 1 aliphatic carbocycles. The van der Waals surface area contributed by atoms with Crippen LogP contribution in [0.15, 0.2) is 48.5 Å². The molecule has 0 radical (unpaired) electrons. The molecular formula is C23H30FNO2. The Morgan fingerprint density at radius 1 is 1.19 bits per heavy atom. The SMILES string of the molecule is COc1cccc(C2(O)CCC(Cc3ccc(F)cc3)CC2CN(C)C)c1. The predicted octanol–water partition coefficient (Wildman–Crippen LogP) is 4.24. The van der Waals surface area contributed by atoms with Gasteiger partial charge in [-0.05, 0) is 81.1 Å². The standard InChI is InChI=1S/C23H30FNO2/c1-25(2)16-20-14-18(13-17-7-9-21(24)10-8-17)11-12-23(20,26)19-5-4-6-22(15-19)27-3/h4-10,15,18,20,26H,11-14,16H2,1-3H3. The molecule has 3 nitrogen and oxygen atoms in total. The maximum atomic E-state index is 13.2. The molecule has 0 spiro atoms. The molecule has 1 aliphatic rings. The number of methoxy groups -OCH3 is 1. The third kappa shape index (κ3) is 4.69. The van der Waals surface area contributed by atoms with E-state index in [9.17, 15) is 9.50 Å². The number of nitrogens with zero attached hydrogens (tertiary/aromatic N) is 1. The summed E-state index contributed by atoms with van der Waals surface area (Å²) in [6, 6.07) is 14.6. The lowest BCUT2D eigenvalue weighted by molar-refractivity contribution is -0.0753. The third-order valence-electron chi connectivity index (χ3n) is 5.82. The van der Waals surface area contributed by atoms with Gasteiger partial charge in [0.05, 0.1) is 12.7 Å². The molecule has 4 heteroatoms. The Bertz CT molecular complexity index is 746. The lowest BCUT2D eigenvalue weighted by atomic mass is 9.66. The second kappa shape index (κ2) is 8.41. The van der Waals surface area contributed by atoms with E-state index >= 15 is 0 Å². The Morgan fingerprint density at radius 3 is 2.59 bits per heavy atom. The van der Waals surface area contributed by atoms with Crippen LogP contribution < -0.4 is 4.74 Å². The monoisotopic (exact) mass is 371 g/mol. The highest BCUT2D eigenvalue weighted by Crippen LogP contribution is 2.45. The Balaban J connectivity index is 1.80. The summed E-state index contributed by atoms with van der Waals surface area (Å²) < 4.78 is 18.5. The summed E-state index contributed by atoms with van der Waals surface area (Å²) in [5, 5.41) is 11.7. The van der Waals surface area contributed by atoms with Crippen molar-refractivity contribution in [3.05, 3.63) is 65.5 Å². The number of hydrogen-bond acceptors (Lipinski definition) is 3. The summed E-state index contributed by atoms with van der Waals surface area (Å²) in [6.45, 7) is 0.827. The highest BCUT2D eigenvalue weighted by Gasteiger charge is 2.43. The van der Waals surface area contributed by atoms with E-state index < -0.39 is 5.60 Å². The summed E-state index contributed by atoms with van der Waals surface area (Å²) >= 11 is 0. The van der Waals surface area contributed by atoms with Crippen molar-refractivity contribution in [1.82, 2.24) is 4.90 Å². The molecule has 3 atom stereocenters. The largest absolute Gasteiger partial charge is 0.497 e. The molecule has 2 aromatic carbocycles. The van der Waals surface area contributed by atoms with Crippen LogP contribution in [0.4, 0.5) is 4.39 Å². The summed E-state index contributed by atoms with van der Waals surface area (Å²) in [7, 11) is 5.76. The molecule has 0 bridgehead atoms. The third-order valence-corrected chi connectivity index (χ3v) is 5.82. The molecule has 0 heterocycles. The number of rotatable bonds is 6. The fourth-order valence-electron chi connectivity index (χ4n) is 4.42. The van der Waals surface area contributed by atoms with Gasteiger partial charge in [-0.25, -0.2) is 4.39 Å². The van der Waals surface area contributed by atoms with Crippen LogP contribution in [0.2, 0.25) is 0 Å². The van der Waals surface area contributed by atoms with Crippen molar-refractivity contribution < 1.29 is 14.2 Å². The minimum Gasteiger partial charge on any atom is -0.497 e. The van der Waals surface area contributed by atoms with Gasteiger partial charge in [0.2, 0.25) is 0 Å². The summed E-state index contributed by atoms with van der Waals surface area (Å²) in [5.41, 5.74) is 1.25. The maximum absolute atomic E-state index is 13.2. The van der Waals surface area contributed by atoms with Crippen LogP contribution in [0.25, 0.3) is 0 Å². The Morgan fingerprint density at radius 2 is 1.93 bits per heavy atom. The van der Waals surface area contributed by atoms with Crippen molar-refractivity contribution >= 4 is 0 Å². The second-order valence-corrected chi connectivity index (χ2v) is 8.09. The van der Waals surface area contributed by atoms with Crippen molar-refractivity contribution in [2.24, 2.45) is 11.8 Å². The van der Waals surface area contributed by atoms with E-state index in [1.165, 1.54) is 12.1 Å². The fraction of sp³-hybridized carbons (Fsp3) is 0.478. The topological polar surface area (TPSA) is 32.7 Å². The molecule has 3 unspecified atom stereocenters. The minimum absolute atomic E-state index is 0.138. The maximum Gasteiger partial charge on any atom is 0.123 e. The zero-order valence-electron chi connectivity index (χ0n) is 16.5. The average Bonchev–Trinajstić information content (AvgIpc) is 2.66. The van der Waals surface area contributed by atoms with Crippen LogP contribution in [0, 0.1) is 17.7 Å². The first-order chi connectivity index (χ1) is 12.9. The van der Waals surface area contributed by atoms with E-state index in [1.807, 2.05) is 36.4 Å². The number of ether oxygens (including phenoxy) is 1. The second-order valence-electron chi connectivity index (χ2n) is 8.09. The first-order valence-electron chi connectivity index (χ1n) is 9.67. The lowest BCUT2D eigenvalue weighted by Gasteiger charge is -2.44. The van der Waals surface area contributed by atoms with Gasteiger partial charge >= 0.3 is 0 Å². The molecule has 27 heavy (non-hydrogen) atoms. The van der Waals surface area contributed by atoms with E-state index in [-0.39, 0.29) is 11.7 Å². The van der Waals surface area contributed by atoms with Crippen molar-refractivity contribution in [1.29, 1.82) is 0 Å². The van der Waals surface area contributed by atoms with Crippen LogP contribution in [-0.4, -0.2) is 37.8 Å². The number of benzene rings is 2. The van der Waals surface area contributed by atoms with E-state index in [0.29, 0.717) is 5.92 Å². The van der Waals surface area contributed by atoms with E-state index in [4.69, 9.17) is 4.74 Å². The highest BCUT2D eigenvalue weighted by molar-refractivity contribution is 5.33. The van der Waals surface area contributed by atoms with Gasteiger partial charge in [0.15, 0.2) is 0 Å². The molecule has 2 aromatic rings. The van der Waals surface area contributed by atoms with Crippen molar-refractivity contribution in [2.45, 2.75) is 31.3 Å². The van der Waals surface area contributed by atoms with Crippen LogP contribution in [0.3, 0.4) is 0 Å². The highest BCUT2D eigenvalue weighted by atomic mass is 19.1. The normalized spacial score (nSPS) is 25.6. The first kappa shape index (κ1) is 19.8. The van der Waals surface area contributed by atoms with Crippen LogP contribution in [0.5, 0.6) is 5.75 Å². The molecule has 0 aromatic heterocycles. The van der Waals surface area contributed by atoms with Gasteiger partial charge in [-0.2, -0.15) is 0 Å². The molecule has 0 amide bonds. The molecule has 146 valence electrons. The Labute approximate surface area is 161 Å². The zero-order chi connectivity index (χ0) is 19.4. The summed E-state index contributed by atoms with van der Waals surface area (Å²) in [4.78, 5) is 2.15. The van der Waals surface area contributed by atoms with Gasteiger partial charge in [0, 0.05) is 12.5 Å². The zero-order valence-corrected chi connectivity index (χ0v) is 16.5. The Kier molecular flexibility index (Phi) is 6.18. The van der Waals surface area contributed by atoms with Crippen LogP contribution >= 0.6 is 0 Å². The quantitative estimate of drug-likeness (QED) is 0.824. The molecule has 1 N–H and O–H groups in total. The molecule has 3 rings (SSSR count). The summed E-state index contributed by atoms with van der Waals surface area (Å²) in [6.07, 6.45) is 3.56. The van der Waals surface area contributed by atoms with Crippen molar-refractivity contribution in [3.8, 4) is 5.75 Å². The van der Waals surface area contributed by atoms with Gasteiger partial charge in [0.1, 0.15) is 11.6 Å². The molecule has 1 saturated carbocycles. The van der Waals surface area contributed by atoms with Gasteiger partial charge in [0.25, 0.3) is 0 Å². The average molecular weight is 371 g/mol. The molecular weight excluding hydrogens is 341 g/mol. The van der Waals surface area contributed by atoms with Crippen LogP contribution in [-0.2, 0) is 12.0 Å². The summed E-state index contributed by atoms with van der Waals surface area (Å²) in [5.74, 6) is 1.21. The number of hydrogen-bond donors (Lipinski definition) is 1. The molecule has 1 fully saturated rings.